The molecule has 0 aliphatic heterocycles. The van der Waals surface area contributed by atoms with Crippen molar-refractivity contribution in [1.29, 1.82) is 0 Å². The number of nitrogens with one attached hydrogen (secondary N) is 2. The third kappa shape index (κ3) is 6.59. The lowest BCUT2D eigenvalue weighted by Crippen LogP contribution is -2.35. The van der Waals surface area contributed by atoms with Gasteiger partial charge in [0, 0.05) is 18.7 Å². The summed E-state index contributed by atoms with van der Waals surface area (Å²) in [5.74, 6) is 0.552. The molecule has 0 aromatic heterocycles. The number of rotatable bonds is 9. The molecule has 21 heavy (non-hydrogen) atoms. The van der Waals surface area contributed by atoms with E-state index in [0.29, 0.717) is 17.7 Å². The van der Waals surface area contributed by atoms with Gasteiger partial charge in [-0.25, -0.2) is 13.1 Å². The number of methoxy groups -OCH3 is 1. The minimum atomic E-state index is -3.23. The maximum absolute atomic E-state index is 11.8. The van der Waals surface area contributed by atoms with Crippen LogP contribution in [-0.4, -0.2) is 40.3 Å². The molecule has 1 rings (SSSR count). The fourth-order valence-electron chi connectivity index (χ4n) is 1.63. The van der Waals surface area contributed by atoms with Gasteiger partial charge in [0.25, 0.3) is 5.91 Å². The van der Waals surface area contributed by atoms with E-state index in [1.54, 1.807) is 31.4 Å². The van der Waals surface area contributed by atoms with Gasteiger partial charge < -0.3 is 10.1 Å². The molecule has 0 saturated carbocycles. The molecule has 1 aromatic carbocycles. The first-order valence-electron chi connectivity index (χ1n) is 6.88. The number of ether oxygens (including phenoxy) is 1. The number of amides is 1. The lowest BCUT2D eigenvalue weighted by molar-refractivity contribution is 0.0954. The van der Waals surface area contributed by atoms with Crippen molar-refractivity contribution in [2.45, 2.75) is 19.8 Å². The largest absolute Gasteiger partial charge is 0.497 e. The highest BCUT2D eigenvalue weighted by molar-refractivity contribution is 7.89. The van der Waals surface area contributed by atoms with Crippen LogP contribution in [0.5, 0.6) is 5.75 Å². The Morgan fingerprint density at radius 1 is 1.19 bits per heavy atom. The van der Waals surface area contributed by atoms with Crippen LogP contribution >= 0.6 is 0 Å². The van der Waals surface area contributed by atoms with Crippen molar-refractivity contribution >= 4 is 15.9 Å². The van der Waals surface area contributed by atoms with E-state index in [4.69, 9.17) is 4.74 Å². The summed E-state index contributed by atoms with van der Waals surface area (Å²) in [6, 6.07) is 6.70. The second-order valence-corrected chi connectivity index (χ2v) is 6.48. The molecular formula is C14H22N2O4S. The highest BCUT2D eigenvalue weighted by Crippen LogP contribution is 2.10. The van der Waals surface area contributed by atoms with E-state index in [1.807, 2.05) is 6.92 Å². The van der Waals surface area contributed by atoms with Crippen LogP contribution < -0.4 is 14.8 Å². The highest BCUT2D eigenvalue weighted by atomic mass is 32.2. The van der Waals surface area contributed by atoms with Crippen LogP contribution in [0.4, 0.5) is 0 Å². The molecule has 0 atom stereocenters. The molecule has 0 aliphatic rings. The summed E-state index contributed by atoms with van der Waals surface area (Å²) >= 11 is 0. The molecule has 0 radical (unpaired) electrons. The van der Waals surface area contributed by atoms with E-state index < -0.39 is 10.0 Å². The monoisotopic (exact) mass is 314 g/mol. The Kier molecular flexibility index (Phi) is 7.18. The Morgan fingerprint density at radius 3 is 2.43 bits per heavy atom. The number of benzene rings is 1. The predicted molar refractivity (Wildman–Crippen MR) is 82.0 cm³/mol. The molecule has 118 valence electrons. The van der Waals surface area contributed by atoms with E-state index in [1.165, 1.54) is 0 Å². The Bertz CT molecular complexity index is 541. The molecule has 0 saturated heterocycles. The van der Waals surface area contributed by atoms with Gasteiger partial charge >= 0.3 is 0 Å². The van der Waals surface area contributed by atoms with Gasteiger partial charge in [-0.15, -0.1) is 0 Å². The van der Waals surface area contributed by atoms with Gasteiger partial charge in [0.05, 0.1) is 12.9 Å². The van der Waals surface area contributed by atoms with E-state index >= 15 is 0 Å². The van der Waals surface area contributed by atoms with E-state index in [0.717, 1.165) is 6.42 Å². The number of carbonyl (C=O) groups is 1. The lowest BCUT2D eigenvalue weighted by atomic mass is 10.2. The van der Waals surface area contributed by atoms with E-state index in [2.05, 4.69) is 10.0 Å². The Balaban J connectivity index is 2.33. The first kappa shape index (κ1) is 17.5. The van der Waals surface area contributed by atoms with Crippen molar-refractivity contribution in [3.8, 4) is 5.75 Å². The van der Waals surface area contributed by atoms with Crippen molar-refractivity contribution in [2.24, 2.45) is 0 Å². The van der Waals surface area contributed by atoms with Crippen LogP contribution in [0.25, 0.3) is 0 Å². The first-order valence-corrected chi connectivity index (χ1v) is 8.53. The number of carbonyl (C=O) groups excluding carboxylic acids is 1. The Hall–Kier alpha value is -1.60. The molecule has 0 aliphatic carbocycles. The van der Waals surface area contributed by atoms with Gasteiger partial charge in [-0.05, 0) is 30.7 Å². The van der Waals surface area contributed by atoms with Crippen LogP contribution in [0.2, 0.25) is 0 Å². The van der Waals surface area contributed by atoms with Crippen molar-refractivity contribution in [1.82, 2.24) is 10.0 Å². The fourth-order valence-corrected chi connectivity index (χ4v) is 2.86. The molecule has 1 amide bonds. The summed E-state index contributed by atoms with van der Waals surface area (Å²) in [5, 5.41) is 2.66. The Morgan fingerprint density at radius 2 is 1.86 bits per heavy atom. The number of hydrogen-bond acceptors (Lipinski definition) is 4. The van der Waals surface area contributed by atoms with Crippen LogP contribution in [-0.2, 0) is 10.0 Å². The molecule has 0 heterocycles. The van der Waals surface area contributed by atoms with Gasteiger partial charge in [-0.1, -0.05) is 13.3 Å². The number of sulfonamides is 1. The third-order valence-electron chi connectivity index (χ3n) is 2.85. The quantitative estimate of drug-likeness (QED) is 0.670. The normalized spacial score (nSPS) is 11.1. The molecule has 7 heteroatoms. The average Bonchev–Trinajstić information content (AvgIpc) is 2.49. The van der Waals surface area contributed by atoms with E-state index in [-0.39, 0.29) is 24.7 Å². The van der Waals surface area contributed by atoms with Crippen molar-refractivity contribution < 1.29 is 17.9 Å². The fraction of sp³-hybridized carbons (Fsp3) is 0.500. The lowest BCUT2D eigenvalue weighted by Gasteiger charge is -2.08. The minimum Gasteiger partial charge on any atom is -0.497 e. The van der Waals surface area contributed by atoms with Gasteiger partial charge in [-0.3, -0.25) is 4.79 Å². The maximum atomic E-state index is 11.8. The second kappa shape index (κ2) is 8.63. The first-order chi connectivity index (χ1) is 9.98. The number of hydrogen-bond donors (Lipinski definition) is 2. The smallest absolute Gasteiger partial charge is 0.251 e. The molecule has 0 unspecified atom stereocenters. The standard InChI is InChI=1S/C14H22N2O4S/c1-3-4-11-21(18,19)16-10-9-15-14(17)12-5-7-13(20-2)8-6-12/h5-8,16H,3-4,9-11H2,1-2H3,(H,15,17). The molecule has 6 nitrogen and oxygen atoms in total. The third-order valence-corrected chi connectivity index (χ3v) is 4.32. The highest BCUT2D eigenvalue weighted by Gasteiger charge is 2.09. The van der Waals surface area contributed by atoms with Crippen molar-refractivity contribution in [3.63, 3.8) is 0 Å². The zero-order valence-corrected chi connectivity index (χ0v) is 13.2. The summed E-state index contributed by atoms with van der Waals surface area (Å²) in [6.07, 6.45) is 1.46. The summed E-state index contributed by atoms with van der Waals surface area (Å²) in [7, 11) is -1.68. The second-order valence-electron chi connectivity index (χ2n) is 4.55. The van der Waals surface area contributed by atoms with E-state index in [9.17, 15) is 13.2 Å². The van der Waals surface area contributed by atoms with Crippen LogP contribution in [0.15, 0.2) is 24.3 Å². The Labute approximate surface area is 125 Å². The van der Waals surface area contributed by atoms with Gasteiger partial charge in [0.15, 0.2) is 0 Å². The van der Waals surface area contributed by atoms with Crippen LogP contribution in [0.1, 0.15) is 30.1 Å². The summed E-state index contributed by atoms with van der Waals surface area (Å²) in [4.78, 5) is 11.8. The predicted octanol–water partition coefficient (Wildman–Crippen LogP) is 1.14. The zero-order valence-electron chi connectivity index (χ0n) is 12.4. The average molecular weight is 314 g/mol. The SMILES string of the molecule is CCCCS(=O)(=O)NCCNC(=O)c1ccc(OC)cc1. The van der Waals surface area contributed by atoms with Crippen molar-refractivity contribution in [2.75, 3.05) is 26.0 Å². The number of unbranched alkanes of at least 4 members (excludes halogenated alkanes) is 1. The molecule has 0 spiro atoms. The van der Waals surface area contributed by atoms with Gasteiger partial charge in [0.1, 0.15) is 5.75 Å². The van der Waals surface area contributed by atoms with Crippen LogP contribution in [0, 0.1) is 0 Å². The molecule has 0 fully saturated rings. The van der Waals surface area contributed by atoms with Gasteiger partial charge in [0.2, 0.25) is 10.0 Å². The molecular weight excluding hydrogens is 292 g/mol. The minimum absolute atomic E-state index is 0.121. The maximum Gasteiger partial charge on any atom is 0.251 e. The molecule has 2 N–H and O–H groups in total. The molecule has 1 aromatic rings. The topological polar surface area (TPSA) is 84.5 Å². The molecule has 0 bridgehead atoms. The summed E-state index contributed by atoms with van der Waals surface area (Å²) in [6.45, 7) is 2.37. The van der Waals surface area contributed by atoms with Crippen molar-refractivity contribution in [3.05, 3.63) is 29.8 Å². The summed E-state index contributed by atoms with van der Waals surface area (Å²) < 4.78 is 30.5. The zero-order chi connectivity index (χ0) is 15.7. The van der Waals surface area contributed by atoms with Gasteiger partial charge in [-0.2, -0.15) is 0 Å². The summed E-state index contributed by atoms with van der Waals surface area (Å²) in [5.41, 5.74) is 0.504. The van der Waals surface area contributed by atoms with Crippen LogP contribution in [0.3, 0.4) is 0 Å².